The molecular weight excluding hydrogens is 347 g/mol. The molecule has 2 atom stereocenters. The van der Waals surface area contributed by atoms with Crippen molar-refractivity contribution < 1.29 is 9.18 Å². The molecular formula is C21H23FN2OS. The van der Waals surface area contributed by atoms with E-state index in [1.165, 1.54) is 23.1 Å². The quantitative estimate of drug-likeness (QED) is 0.859. The highest BCUT2D eigenvalue weighted by molar-refractivity contribution is 7.99. The van der Waals surface area contributed by atoms with Gasteiger partial charge in [0.25, 0.3) is 0 Å². The van der Waals surface area contributed by atoms with Gasteiger partial charge in [-0.3, -0.25) is 9.69 Å². The fourth-order valence-electron chi connectivity index (χ4n) is 3.60. The first-order valence-corrected chi connectivity index (χ1v) is 10.3. The van der Waals surface area contributed by atoms with E-state index in [1.54, 1.807) is 12.1 Å². The molecule has 2 aromatic carbocycles. The number of nitrogens with zero attached hydrogens (tertiary/aromatic N) is 1. The summed E-state index contributed by atoms with van der Waals surface area (Å²) in [6.07, 6.45) is 0.720. The molecule has 2 aromatic rings. The molecule has 0 spiro atoms. The molecule has 2 aliphatic rings. The van der Waals surface area contributed by atoms with Gasteiger partial charge in [-0.1, -0.05) is 30.3 Å². The van der Waals surface area contributed by atoms with E-state index in [9.17, 15) is 9.18 Å². The molecule has 2 fully saturated rings. The highest BCUT2D eigenvalue weighted by Crippen LogP contribution is 2.48. The number of carbonyl (C=O) groups is 1. The Morgan fingerprint density at radius 3 is 2.77 bits per heavy atom. The molecule has 0 bridgehead atoms. The maximum Gasteiger partial charge on any atom is 0.228 e. The van der Waals surface area contributed by atoms with Crippen molar-refractivity contribution in [2.45, 2.75) is 18.9 Å². The van der Waals surface area contributed by atoms with Gasteiger partial charge in [0.15, 0.2) is 0 Å². The molecule has 0 radical (unpaired) electrons. The zero-order valence-electron chi connectivity index (χ0n) is 14.7. The second-order valence-corrected chi connectivity index (χ2v) is 8.27. The summed E-state index contributed by atoms with van der Waals surface area (Å²) in [5.74, 6) is 2.03. The van der Waals surface area contributed by atoms with Crippen molar-refractivity contribution in [3.63, 3.8) is 0 Å². The lowest BCUT2D eigenvalue weighted by Gasteiger charge is -2.26. The predicted molar refractivity (Wildman–Crippen MR) is 105 cm³/mol. The van der Waals surface area contributed by atoms with Crippen LogP contribution in [0.5, 0.6) is 0 Å². The molecule has 1 saturated carbocycles. The first kappa shape index (κ1) is 17.6. The summed E-state index contributed by atoms with van der Waals surface area (Å²) in [4.78, 5) is 15.0. The molecule has 2 unspecified atom stereocenters. The monoisotopic (exact) mass is 370 g/mol. The number of amides is 1. The van der Waals surface area contributed by atoms with Crippen LogP contribution in [0.3, 0.4) is 0 Å². The maximum atomic E-state index is 13.9. The summed E-state index contributed by atoms with van der Waals surface area (Å²) in [5.41, 5.74) is 2.71. The highest BCUT2D eigenvalue weighted by Gasteiger charge is 2.45. The summed E-state index contributed by atoms with van der Waals surface area (Å²) in [6.45, 7) is 3.16. The van der Waals surface area contributed by atoms with Crippen LogP contribution in [0, 0.1) is 11.7 Å². The largest absolute Gasteiger partial charge is 0.326 e. The molecule has 26 heavy (non-hydrogen) atoms. The fourth-order valence-corrected chi connectivity index (χ4v) is 4.58. The Bertz CT molecular complexity index is 791. The van der Waals surface area contributed by atoms with E-state index in [0.717, 1.165) is 31.7 Å². The zero-order chi connectivity index (χ0) is 17.9. The molecule has 1 heterocycles. The number of anilines is 1. The molecule has 0 aromatic heterocycles. The number of hydrogen-bond acceptors (Lipinski definition) is 3. The van der Waals surface area contributed by atoms with E-state index < -0.39 is 0 Å². The van der Waals surface area contributed by atoms with Crippen molar-refractivity contribution in [2.24, 2.45) is 5.92 Å². The first-order valence-electron chi connectivity index (χ1n) is 9.15. The first-order chi connectivity index (χ1) is 12.7. The van der Waals surface area contributed by atoms with Gasteiger partial charge in [-0.2, -0.15) is 11.8 Å². The zero-order valence-corrected chi connectivity index (χ0v) is 15.5. The van der Waals surface area contributed by atoms with Gasteiger partial charge < -0.3 is 5.32 Å². The summed E-state index contributed by atoms with van der Waals surface area (Å²) in [6, 6.07) is 14.8. The lowest BCUT2D eigenvalue weighted by molar-refractivity contribution is -0.117. The van der Waals surface area contributed by atoms with Gasteiger partial charge in [-0.25, -0.2) is 4.39 Å². The molecule has 1 saturated heterocycles. The van der Waals surface area contributed by atoms with E-state index in [-0.39, 0.29) is 23.6 Å². The Labute approximate surface area is 158 Å². The van der Waals surface area contributed by atoms with Gasteiger partial charge in [0.2, 0.25) is 5.91 Å². The van der Waals surface area contributed by atoms with E-state index in [2.05, 4.69) is 22.3 Å². The highest BCUT2D eigenvalue weighted by atomic mass is 32.2. The van der Waals surface area contributed by atoms with Crippen LogP contribution in [0.2, 0.25) is 0 Å². The van der Waals surface area contributed by atoms with Crippen LogP contribution in [0.25, 0.3) is 0 Å². The minimum atomic E-state index is -0.213. The van der Waals surface area contributed by atoms with E-state index in [4.69, 9.17) is 0 Å². The number of halogens is 1. The third-order valence-electron chi connectivity index (χ3n) is 5.14. The van der Waals surface area contributed by atoms with Crippen LogP contribution < -0.4 is 5.32 Å². The van der Waals surface area contributed by atoms with Gasteiger partial charge in [-0.05, 0) is 41.7 Å². The standard InChI is InChI=1S/C21H23FN2OS/c22-20-7-2-1-6-17(20)18-13-19(18)21(25)23-16-5-3-4-15(12-16)14-24-8-10-26-11-9-24/h1-7,12,18-19H,8-11,13-14H2,(H,23,25). The Hall–Kier alpha value is -1.85. The average molecular weight is 370 g/mol. The van der Waals surface area contributed by atoms with Crippen molar-refractivity contribution in [3.05, 3.63) is 65.5 Å². The Balaban J connectivity index is 1.36. The van der Waals surface area contributed by atoms with E-state index in [1.807, 2.05) is 30.0 Å². The molecule has 3 nitrogen and oxygen atoms in total. The summed E-state index contributed by atoms with van der Waals surface area (Å²) in [7, 11) is 0. The second kappa shape index (κ2) is 7.80. The number of carbonyl (C=O) groups excluding carboxylic acids is 1. The minimum absolute atomic E-state index is 0.00484. The number of benzene rings is 2. The van der Waals surface area contributed by atoms with Crippen molar-refractivity contribution in [3.8, 4) is 0 Å². The maximum absolute atomic E-state index is 13.9. The van der Waals surface area contributed by atoms with Gasteiger partial charge in [0.1, 0.15) is 5.82 Å². The molecule has 4 rings (SSSR count). The van der Waals surface area contributed by atoms with Crippen molar-refractivity contribution in [1.82, 2.24) is 4.90 Å². The van der Waals surface area contributed by atoms with Crippen molar-refractivity contribution in [2.75, 3.05) is 29.9 Å². The van der Waals surface area contributed by atoms with E-state index in [0.29, 0.717) is 5.56 Å². The summed E-state index contributed by atoms with van der Waals surface area (Å²) in [5, 5.41) is 3.02. The number of nitrogens with one attached hydrogen (secondary N) is 1. The van der Waals surface area contributed by atoms with Crippen LogP contribution in [0.15, 0.2) is 48.5 Å². The molecule has 1 amide bonds. The lowest BCUT2D eigenvalue weighted by Crippen LogP contribution is -2.31. The Kier molecular flexibility index (Phi) is 5.27. The van der Waals surface area contributed by atoms with Gasteiger partial charge in [0, 0.05) is 42.7 Å². The Morgan fingerprint density at radius 1 is 1.15 bits per heavy atom. The van der Waals surface area contributed by atoms with Gasteiger partial charge in [0.05, 0.1) is 0 Å². The van der Waals surface area contributed by atoms with Crippen LogP contribution in [0.4, 0.5) is 10.1 Å². The van der Waals surface area contributed by atoms with Crippen LogP contribution >= 0.6 is 11.8 Å². The second-order valence-electron chi connectivity index (χ2n) is 7.05. The third kappa shape index (κ3) is 4.10. The lowest BCUT2D eigenvalue weighted by atomic mass is 10.1. The van der Waals surface area contributed by atoms with Gasteiger partial charge in [-0.15, -0.1) is 0 Å². The summed E-state index contributed by atoms with van der Waals surface area (Å²) >= 11 is 2.00. The molecule has 136 valence electrons. The van der Waals surface area contributed by atoms with Crippen molar-refractivity contribution >= 4 is 23.4 Å². The number of hydrogen-bond donors (Lipinski definition) is 1. The number of rotatable bonds is 5. The van der Waals surface area contributed by atoms with Crippen LogP contribution in [-0.4, -0.2) is 35.4 Å². The topological polar surface area (TPSA) is 32.3 Å². The molecule has 1 aliphatic heterocycles. The SMILES string of the molecule is O=C(Nc1cccc(CN2CCSCC2)c1)C1CC1c1ccccc1F. The summed E-state index contributed by atoms with van der Waals surface area (Å²) < 4.78 is 13.9. The fraction of sp³-hybridized carbons (Fsp3) is 0.381. The van der Waals surface area contributed by atoms with E-state index >= 15 is 0 Å². The smallest absolute Gasteiger partial charge is 0.228 e. The molecule has 1 N–H and O–H groups in total. The van der Waals surface area contributed by atoms with Crippen LogP contribution in [0.1, 0.15) is 23.5 Å². The average Bonchev–Trinajstić information content (AvgIpc) is 3.44. The van der Waals surface area contributed by atoms with Crippen molar-refractivity contribution in [1.29, 1.82) is 0 Å². The number of thioether (sulfide) groups is 1. The van der Waals surface area contributed by atoms with Gasteiger partial charge >= 0.3 is 0 Å². The third-order valence-corrected chi connectivity index (χ3v) is 6.08. The minimum Gasteiger partial charge on any atom is -0.326 e. The Morgan fingerprint density at radius 2 is 1.96 bits per heavy atom. The normalized spacial score (nSPS) is 22.8. The predicted octanol–water partition coefficient (Wildman–Crippen LogP) is 4.12. The molecule has 5 heteroatoms. The molecule has 1 aliphatic carbocycles. The van der Waals surface area contributed by atoms with Crippen LogP contribution in [-0.2, 0) is 11.3 Å².